The van der Waals surface area contributed by atoms with Crippen molar-refractivity contribution in [1.29, 1.82) is 0 Å². The van der Waals surface area contributed by atoms with Crippen LogP contribution in [0.5, 0.6) is 0 Å². The van der Waals surface area contributed by atoms with E-state index >= 15 is 0 Å². The van der Waals surface area contributed by atoms with Gasteiger partial charge in [-0.1, -0.05) is 13.8 Å². The topological polar surface area (TPSA) is 139 Å². The Balaban J connectivity index is 1.69. The molecule has 1 amide bonds. The first kappa shape index (κ1) is 22.3. The first-order valence-electron chi connectivity index (χ1n) is 11.5. The predicted molar refractivity (Wildman–Crippen MR) is 118 cm³/mol. The highest BCUT2D eigenvalue weighted by atomic mass is 16.4. The molecule has 0 spiro atoms. The molecule has 32 heavy (non-hydrogen) atoms. The minimum Gasteiger partial charge on any atom is -0.480 e. The van der Waals surface area contributed by atoms with E-state index in [0.29, 0.717) is 49.9 Å². The number of fused-ring (bicyclic) bond motifs is 4. The molecule has 2 aromatic heterocycles. The van der Waals surface area contributed by atoms with Crippen molar-refractivity contribution >= 4 is 23.0 Å². The number of nitrogens with one attached hydrogen (secondary N) is 2. The second-order valence-corrected chi connectivity index (χ2v) is 9.31. The van der Waals surface area contributed by atoms with E-state index in [2.05, 4.69) is 10.3 Å². The van der Waals surface area contributed by atoms with E-state index in [1.54, 1.807) is 4.57 Å². The molecule has 3 aliphatic carbocycles. The number of hydrogen-bond acceptors (Lipinski definition) is 5. The van der Waals surface area contributed by atoms with E-state index in [1.165, 1.54) is 4.57 Å². The number of nitrogens with zero attached hydrogens (tertiary/aromatic N) is 3. The summed E-state index contributed by atoms with van der Waals surface area (Å²) in [5, 5.41) is 11.4. The van der Waals surface area contributed by atoms with Crippen LogP contribution in [0, 0.1) is 5.41 Å². The van der Waals surface area contributed by atoms with Gasteiger partial charge in [0.25, 0.3) is 5.56 Å². The molecule has 0 aliphatic heterocycles. The molecule has 0 unspecified atom stereocenters. The molecule has 2 heterocycles. The number of H-pyrrole nitrogens is 1. The standard InChI is InChI=1S/C22H31N5O5/c1-3-11-26-16-15(17(30)27(12-4-2)20(26)32)24-18(25-16)21-5-8-22(9-6-21,10-7-21)19(31)23-13-14(28)29/h3-13H2,1-2H3,(H,23,31)(H,24,25)(H,28,29). The van der Waals surface area contributed by atoms with Crippen LogP contribution in [0.15, 0.2) is 9.59 Å². The third-order valence-electron chi connectivity index (χ3n) is 7.39. The second-order valence-electron chi connectivity index (χ2n) is 9.31. The van der Waals surface area contributed by atoms with Crippen LogP contribution in [-0.4, -0.2) is 42.6 Å². The number of carbonyl (C=O) groups is 2. The average Bonchev–Trinajstić information content (AvgIpc) is 3.25. The van der Waals surface area contributed by atoms with Gasteiger partial charge in [-0.15, -0.1) is 0 Å². The fourth-order valence-corrected chi connectivity index (χ4v) is 5.49. The molecule has 0 radical (unpaired) electrons. The second kappa shape index (κ2) is 8.22. The zero-order valence-electron chi connectivity index (χ0n) is 18.7. The highest BCUT2D eigenvalue weighted by molar-refractivity contribution is 5.86. The molecule has 10 heteroatoms. The zero-order valence-corrected chi connectivity index (χ0v) is 18.7. The lowest BCUT2D eigenvalue weighted by molar-refractivity contribution is -0.143. The van der Waals surface area contributed by atoms with Crippen LogP contribution < -0.4 is 16.6 Å². The van der Waals surface area contributed by atoms with Crippen LogP contribution in [0.4, 0.5) is 0 Å². The molecule has 2 aromatic rings. The van der Waals surface area contributed by atoms with E-state index in [-0.39, 0.29) is 29.1 Å². The smallest absolute Gasteiger partial charge is 0.332 e. The number of aromatic amines is 1. The summed E-state index contributed by atoms with van der Waals surface area (Å²) in [6.07, 6.45) is 5.58. The lowest BCUT2D eigenvalue weighted by Crippen LogP contribution is -2.52. The van der Waals surface area contributed by atoms with Crippen molar-refractivity contribution < 1.29 is 14.7 Å². The van der Waals surface area contributed by atoms with Crippen molar-refractivity contribution in [3.63, 3.8) is 0 Å². The summed E-state index contributed by atoms with van der Waals surface area (Å²) >= 11 is 0. The SMILES string of the molecule is CCCn1c(=O)c2[nH]c(C34CCC(C(=O)NCC(=O)O)(CC3)CC4)nc2n(CCC)c1=O. The van der Waals surface area contributed by atoms with Gasteiger partial charge < -0.3 is 15.4 Å². The number of aryl methyl sites for hydroxylation is 1. The van der Waals surface area contributed by atoms with Gasteiger partial charge >= 0.3 is 11.7 Å². The summed E-state index contributed by atoms with van der Waals surface area (Å²) in [6.45, 7) is 4.40. The number of aromatic nitrogens is 4. The number of imidazole rings is 1. The summed E-state index contributed by atoms with van der Waals surface area (Å²) in [4.78, 5) is 57.5. The first-order chi connectivity index (χ1) is 15.3. The quantitative estimate of drug-likeness (QED) is 0.563. The molecular weight excluding hydrogens is 414 g/mol. The molecule has 0 atom stereocenters. The lowest BCUT2D eigenvalue weighted by Gasteiger charge is -2.51. The first-order valence-corrected chi connectivity index (χ1v) is 11.5. The van der Waals surface area contributed by atoms with Gasteiger partial charge in [-0.25, -0.2) is 9.78 Å². The minimum absolute atomic E-state index is 0.183. The van der Waals surface area contributed by atoms with Crippen LogP contribution in [0.25, 0.3) is 11.2 Å². The summed E-state index contributed by atoms with van der Waals surface area (Å²) in [6, 6.07) is 0. The summed E-state index contributed by atoms with van der Waals surface area (Å²) < 4.78 is 2.88. The normalized spacial score (nSPS) is 24.7. The van der Waals surface area contributed by atoms with Crippen LogP contribution in [-0.2, 0) is 28.1 Å². The Hall–Kier alpha value is -2.91. The molecule has 3 N–H and O–H groups in total. The number of carboxylic acid groups (broad SMARTS) is 1. The van der Waals surface area contributed by atoms with Gasteiger partial charge in [-0.05, 0) is 51.4 Å². The van der Waals surface area contributed by atoms with Crippen molar-refractivity contribution in [3.8, 4) is 0 Å². The Morgan fingerprint density at radius 2 is 1.62 bits per heavy atom. The average molecular weight is 446 g/mol. The maximum absolute atomic E-state index is 13.0. The van der Waals surface area contributed by atoms with E-state index in [9.17, 15) is 19.2 Å². The van der Waals surface area contributed by atoms with E-state index < -0.39 is 11.4 Å². The molecule has 10 nitrogen and oxygen atoms in total. The summed E-state index contributed by atoms with van der Waals surface area (Å²) in [5.74, 6) is -0.510. The van der Waals surface area contributed by atoms with Crippen molar-refractivity contribution in [2.75, 3.05) is 6.54 Å². The van der Waals surface area contributed by atoms with Gasteiger partial charge in [-0.2, -0.15) is 0 Å². The van der Waals surface area contributed by atoms with Crippen molar-refractivity contribution in [1.82, 2.24) is 24.4 Å². The van der Waals surface area contributed by atoms with Crippen molar-refractivity contribution in [2.45, 2.75) is 83.7 Å². The maximum atomic E-state index is 13.0. The van der Waals surface area contributed by atoms with E-state index in [4.69, 9.17) is 10.1 Å². The van der Waals surface area contributed by atoms with Gasteiger partial charge in [0.05, 0.1) is 0 Å². The Morgan fingerprint density at radius 3 is 2.19 bits per heavy atom. The number of rotatable bonds is 8. The monoisotopic (exact) mass is 445 g/mol. The number of carboxylic acids is 1. The van der Waals surface area contributed by atoms with Gasteiger partial charge in [0.1, 0.15) is 17.9 Å². The fourth-order valence-electron chi connectivity index (χ4n) is 5.49. The fraction of sp³-hybridized carbons (Fsp3) is 0.682. The van der Waals surface area contributed by atoms with Gasteiger partial charge in [0, 0.05) is 23.9 Å². The highest BCUT2D eigenvalue weighted by Gasteiger charge is 2.54. The largest absolute Gasteiger partial charge is 0.480 e. The minimum atomic E-state index is -1.05. The van der Waals surface area contributed by atoms with E-state index in [1.807, 2.05) is 13.8 Å². The third kappa shape index (κ3) is 3.45. The van der Waals surface area contributed by atoms with Crippen LogP contribution in [0.2, 0.25) is 0 Å². The van der Waals surface area contributed by atoms with Crippen LogP contribution in [0.3, 0.4) is 0 Å². The van der Waals surface area contributed by atoms with E-state index in [0.717, 1.165) is 31.5 Å². The Labute approximate surface area is 185 Å². The zero-order chi connectivity index (χ0) is 23.1. The van der Waals surface area contributed by atoms with Crippen LogP contribution >= 0.6 is 0 Å². The molecule has 0 saturated heterocycles. The third-order valence-corrected chi connectivity index (χ3v) is 7.39. The number of aliphatic carboxylic acids is 1. The molecule has 3 fully saturated rings. The Kier molecular flexibility index (Phi) is 5.72. The number of hydrogen-bond donors (Lipinski definition) is 3. The van der Waals surface area contributed by atoms with Crippen LogP contribution in [0.1, 0.15) is 71.0 Å². The molecule has 3 aliphatic rings. The maximum Gasteiger partial charge on any atom is 0.332 e. The van der Waals surface area contributed by atoms with Gasteiger partial charge in [0.2, 0.25) is 5.91 Å². The van der Waals surface area contributed by atoms with Crippen molar-refractivity contribution in [3.05, 3.63) is 26.7 Å². The molecular formula is C22H31N5O5. The Bertz CT molecular complexity index is 1150. The van der Waals surface area contributed by atoms with Gasteiger partial charge in [0.15, 0.2) is 5.65 Å². The summed E-state index contributed by atoms with van der Waals surface area (Å²) in [7, 11) is 0. The lowest BCUT2D eigenvalue weighted by atomic mass is 9.53. The molecule has 2 bridgehead atoms. The highest BCUT2D eigenvalue weighted by Crippen LogP contribution is 2.57. The molecule has 5 rings (SSSR count). The van der Waals surface area contributed by atoms with Gasteiger partial charge in [-0.3, -0.25) is 23.5 Å². The Morgan fingerprint density at radius 1 is 1.03 bits per heavy atom. The molecule has 3 saturated carbocycles. The van der Waals surface area contributed by atoms with Crippen molar-refractivity contribution in [2.24, 2.45) is 5.41 Å². The summed E-state index contributed by atoms with van der Waals surface area (Å²) in [5.41, 5.74) is -0.645. The predicted octanol–water partition coefficient (Wildman–Crippen LogP) is 1.50. The molecule has 0 aromatic carbocycles. The number of carbonyl (C=O) groups excluding carboxylic acids is 1. The molecule has 174 valence electrons. The number of amides is 1.